The summed E-state index contributed by atoms with van der Waals surface area (Å²) >= 11 is 7.57. The van der Waals surface area contributed by atoms with E-state index in [4.69, 9.17) is 16.3 Å². The van der Waals surface area contributed by atoms with E-state index in [0.29, 0.717) is 18.7 Å². The molecule has 0 saturated heterocycles. The SMILES string of the molecule is CCC(Oc1ccc2ccccc2c1)C(=O)NCCSc1ccc(Cl)cc1. The van der Waals surface area contributed by atoms with Gasteiger partial charge in [0.05, 0.1) is 0 Å². The van der Waals surface area contributed by atoms with Crippen molar-refractivity contribution in [3.8, 4) is 5.75 Å². The Hall–Kier alpha value is -2.17. The molecule has 3 nitrogen and oxygen atoms in total. The van der Waals surface area contributed by atoms with Crippen molar-refractivity contribution in [2.75, 3.05) is 12.3 Å². The zero-order chi connectivity index (χ0) is 19.1. The number of ether oxygens (including phenoxy) is 1. The molecule has 5 heteroatoms. The molecule has 0 heterocycles. The van der Waals surface area contributed by atoms with Gasteiger partial charge in [0.2, 0.25) is 0 Å². The van der Waals surface area contributed by atoms with Crippen LogP contribution in [-0.4, -0.2) is 24.3 Å². The van der Waals surface area contributed by atoms with Crippen LogP contribution in [0.4, 0.5) is 0 Å². The molecule has 0 aliphatic carbocycles. The molecule has 0 spiro atoms. The normalized spacial score (nSPS) is 11.9. The summed E-state index contributed by atoms with van der Waals surface area (Å²) in [6, 6.07) is 21.7. The zero-order valence-electron chi connectivity index (χ0n) is 15.2. The van der Waals surface area contributed by atoms with E-state index in [0.717, 1.165) is 26.4 Å². The molecule has 1 amide bonds. The number of rotatable bonds is 8. The van der Waals surface area contributed by atoms with Crippen molar-refractivity contribution in [2.24, 2.45) is 0 Å². The first-order chi connectivity index (χ1) is 13.2. The number of nitrogens with one attached hydrogen (secondary N) is 1. The van der Waals surface area contributed by atoms with Crippen molar-refractivity contribution in [1.82, 2.24) is 5.32 Å². The minimum Gasteiger partial charge on any atom is -0.481 e. The molecular weight excluding hydrogens is 378 g/mol. The minimum absolute atomic E-state index is 0.0811. The molecule has 0 radical (unpaired) electrons. The van der Waals surface area contributed by atoms with Gasteiger partial charge in [-0.2, -0.15) is 0 Å². The van der Waals surface area contributed by atoms with Gasteiger partial charge in [-0.05, 0) is 53.6 Å². The molecule has 0 aromatic heterocycles. The topological polar surface area (TPSA) is 38.3 Å². The molecule has 1 N–H and O–H groups in total. The number of fused-ring (bicyclic) bond motifs is 1. The first kappa shape index (κ1) is 19.6. The summed E-state index contributed by atoms with van der Waals surface area (Å²) in [4.78, 5) is 13.6. The molecule has 3 aromatic rings. The second-order valence-electron chi connectivity index (χ2n) is 6.12. The van der Waals surface area contributed by atoms with Crippen LogP contribution in [0.25, 0.3) is 10.8 Å². The minimum atomic E-state index is -0.494. The van der Waals surface area contributed by atoms with E-state index < -0.39 is 6.10 Å². The summed E-state index contributed by atoms with van der Waals surface area (Å²) in [6.07, 6.45) is 0.120. The van der Waals surface area contributed by atoms with Crippen molar-refractivity contribution in [2.45, 2.75) is 24.3 Å². The number of amides is 1. The Morgan fingerprint density at radius 1 is 1.07 bits per heavy atom. The van der Waals surface area contributed by atoms with Gasteiger partial charge in [0.15, 0.2) is 6.10 Å². The van der Waals surface area contributed by atoms with Gasteiger partial charge in [-0.3, -0.25) is 4.79 Å². The monoisotopic (exact) mass is 399 g/mol. The third kappa shape index (κ3) is 5.65. The summed E-state index contributed by atoms with van der Waals surface area (Å²) in [5.74, 6) is 1.42. The predicted molar refractivity (Wildman–Crippen MR) is 114 cm³/mol. The van der Waals surface area contributed by atoms with E-state index in [2.05, 4.69) is 11.4 Å². The van der Waals surface area contributed by atoms with Gasteiger partial charge in [-0.15, -0.1) is 11.8 Å². The lowest BCUT2D eigenvalue weighted by atomic mass is 10.1. The molecule has 3 aromatic carbocycles. The van der Waals surface area contributed by atoms with E-state index in [1.54, 1.807) is 11.8 Å². The average Bonchev–Trinajstić information content (AvgIpc) is 2.70. The summed E-state index contributed by atoms with van der Waals surface area (Å²) < 4.78 is 5.93. The summed E-state index contributed by atoms with van der Waals surface area (Å²) in [5.41, 5.74) is 0. The third-order valence-corrected chi connectivity index (χ3v) is 5.41. The van der Waals surface area contributed by atoms with Crippen molar-refractivity contribution >= 4 is 40.0 Å². The Labute approximate surface area is 169 Å². The van der Waals surface area contributed by atoms with Gasteiger partial charge >= 0.3 is 0 Å². The highest BCUT2D eigenvalue weighted by Gasteiger charge is 2.18. The Balaban J connectivity index is 1.50. The smallest absolute Gasteiger partial charge is 0.261 e. The number of halogens is 1. The highest BCUT2D eigenvalue weighted by molar-refractivity contribution is 7.99. The zero-order valence-corrected chi connectivity index (χ0v) is 16.7. The Morgan fingerprint density at radius 3 is 2.56 bits per heavy atom. The van der Waals surface area contributed by atoms with Crippen molar-refractivity contribution in [3.63, 3.8) is 0 Å². The fourth-order valence-corrected chi connectivity index (χ4v) is 3.61. The highest BCUT2D eigenvalue weighted by Crippen LogP contribution is 2.22. The maximum Gasteiger partial charge on any atom is 0.261 e. The van der Waals surface area contributed by atoms with E-state index in [1.807, 2.05) is 67.6 Å². The number of carbonyl (C=O) groups excluding carboxylic acids is 1. The maximum absolute atomic E-state index is 12.4. The van der Waals surface area contributed by atoms with Crippen LogP contribution in [0.5, 0.6) is 5.75 Å². The molecule has 0 bridgehead atoms. The van der Waals surface area contributed by atoms with Crippen LogP contribution in [0.2, 0.25) is 5.02 Å². The number of hydrogen-bond donors (Lipinski definition) is 1. The average molecular weight is 400 g/mol. The van der Waals surface area contributed by atoms with Gasteiger partial charge in [0.25, 0.3) is 5.91 Å². The maximum atomic E-state index is 12.4. The van der Waals surface area contributed by atoms with Crippen LogP contribution in [0.1, 0.15) is 13.3 Å². The van der Waals surface area contributed by atoms with Gasteiger partial charge in [-0.25, -0.2) is 0 Å². The quantitative estimate of drug-likeness (QED) is 0.398. The van der Waals surface area contributed by atoms with E-state index >= 15 is 0 Å². The number of benzene rings is 3. The Kier molecular flexibility index (Phi) is 7.02. The third-order valence-electron chi connectivity index (χ3n) is 4.15. The second-order valence-corrected chi connectivity index (χ2v) is 7.72. The first-order valence-electron chi connectivity index (χ1n) is 8.97. The first-order valence-corrected chi connectivity index (χ1v) is 10.3. The highest BCUT2D eigenvalue weighted by atomic mass is 35.5. The number of thioether (sulfide) groups is 1. The fraction of sp³-hybridized carbons (Fsp3) is 0.227. The Bertz CT molecular complexity index is 898. The van der Waals surface area contributed by atoms with E-state index in [9.17, 15) is 4.79 Å². The fourth-order valence-electron chi connectivity index (χ4n) is 2.72. The molecule has 0 saturated carbocycles. The van der Waals surface area contributed by atoms with Gasteiger partial charge < -0.3 is 10.1 Å². The molecule has 27 heavy (non-hydrogen) atoms. The van der Waals surface area contributed by atoms with Crippen LogP contribution in [0, 0.1) is 0 Å². The van der Waals surface area contributed by atoms with Gasteiger partial charge in [-0.1, -0.05) is 48.9 Å². The van der Waals surface area contributed by atoms with Crippen molar-refractivity contribution in [3.05, 3.63) is 71.8 Å². The Morgan fingerprint density at radius 2 is 1.81 bits per heavy atom. The molecule has 0 fully saturated rings. The molecule has 140 valence electrons. The molecular formula is C22H22ClNO2S. The van der Waals surface area contributed by atoms with E-state index in [-0.39, 0.29) is 5.91 Å². The van der Waals surface area contributed by atoms with Crippen molar-refractivity contribution in [1.29, 1.82) is 0 Å². The van der Waals surface area contributed by atoms with Crippen LogP contribution in [0.3, 0.4) is 0 Å². The largest absolute Gasteiger partial charge is 0.481 e. The number of carbonyl (C=O) groups is 1. The van der Waals surface area contributed by atoms with Crippen LogP contribution in [0.15, 0.2) is 71.6 Å². The summed E-state index contributed by atoms with van der Waals surface area (Å²) in [6.45, 7) is 2.54. The van der Waals surface area contributed by atoms with Crippen LogP contribution in [-0.2, 0) is 4.79 Å². The summed E-state index contributed by atoms with van der Waals surface area (Å²) in [5, 5.41) is 5.94. The van der Waals surface area contributed by atoms with Crippen LogP contribution >= 0.6 is 23.4 Å². The molecule has 1 unspecified atom stereocenters. The number of hydrogen-bond acceptors (Lipinski definition) is 3. The predicted octanol–water partition coefficient (Wildman–Crippen LogP) is 5.56. The lowest BCUT2D eigenvalue weighted by Crippen LogP contribution is -2.39. The van der Waals surface area contributed by atoms with Crippen LogP contribution < -0.4 is 10.1 Å². The second kappa shape index (κ2) is 9.67. The molecule has 1 atom stereocenters. The lowest BCUT2D eigenvalue weighted by Gasteiger charge is -2.17. The molecule has 3 rings (SSSR count). The molecule has 0 aliphatic heterocycles. The van der Waals surface area contributed by atoms with Gasteiger partial charge in [0, 0.05) is 22.2 Å². The van der Waals surface area contributed by atoms with Gasteiger partial charge in [0.1, 0.15) is 5.75 Å². The lowest BCUT2D eigenvalue weighted by molar-refractivity contribution is -0.127. The standard InChI is InChI=1S/C22H22ClNO2S/c1-2-21(26-19-10-7-16-5-3-4-6-17(16)15-19)22(25)24-13-14-27-20-11-8-18(23)9-12-20/h3-12,15,21H,2,13-14H2,1H3,(H,24,25). The molecule has 0 aliphatic rings. The van der Waals surface area contributed by atoms with E-state index in [1.165, 1.54) is 0 Å². The summed E-state index contributed by atoms with van der Waals surface area (Å²) in [7, 11) is 0. The van der Waals surface area contributed by atoms with Crippen molar-refractivity contribution < 1.29 is 9.53 Å².